The van der Waals surface area contributed by atoms with E-state index < -0.39 is 0 Å². The van der Waals surface area contributed by atoms with Crippen LogP contribution in [0.25, 0.3) is 260 Å². The number of hydrogen-bond acceptors (Lipinski definition) is 10. The molecule has 28 rings (SSSR count). The zero-order valence-electron chi connectivity index (χ0n) is 77.1. The number of para-hydroxylation sites is 3. The molecule has 13 heteroatoms. The second kappa shape index (κ2) is 35.8. The lowest BCUT2D eigenvalue weighted by molar-refractivity contribution is 1.16. The minimum atomic E-state index is 0.558. The number of benzene rings is 16. The van der Waals surface area contributed by atoms with Crippen LogP contribution in [0.2, 0.25) is 0 Å². The molecule has 0 aliphatic carbocycles. The molecule has 0 aliphatic rings. The molecule has 0 unspecified atom stereocenters. The molecule has 0 aliphatic heterocycles. The van der Waals surface area contributed by atoms with Gasteiger partial charge in [-0.05, 0) is 258 Å². The molecule has 0 spiro atoms. The number of rotatable bonds is 13. The van der Waals surface area contributed by atoms with E-state index in [-0.39, 0.29) is 0 Å². The van der Waals surface area contributed by atoms with Crippen LogP contribution in [0.4, 0.5) is 0 Å². The number of nitrogens with zero attached hydrogens (tertiary/aromatic N) is 13. The van der Waals surface area contributed by atoms with E-state index in [1.807, 2.05) is 104 Å². The van der Waals surface area contributed by atoms with Gasteiger partial charge in [0.2, 0.25) is 0 Å². The summed E-state index contributed by atoms with van der Waals surface area (Å²) in [4.78, 5) is 44.6. The summed E-state index contributed by atoms with van der Waals surface area (Å²) in [5.41, 5.74) is 29.7. The van der Waals surface area contributed by atoms with Gasteiger partial charge in [0, 0.05) is 102 Å². The second-order valence-electron chi connectivity index (χ2n) is 35.8. The zero-order chi connectivity index (χ0) is 94.8. The molecule has 28 aromatic rings. The van der Waals surface area contributed by atoms with Crippen molar-refractivity contribution in [1.29, 1.82) is 5.26 Å². The van der Waals surface area contributed by atoms with Gasteiger partial charge in [-0.1, -0.05) is 279 Å². The zero-order valence-corrected chi connectivity index (χ0v) is 77.1. The SMILES string of the molecule is N#Cc1cc(-c2cccc(-c3cccc(-c4cc5ccccc5c5ccccc45)n3)n2)cc(-n2c3ccccc3c3ncccc32)c1.c1cc(-c2cccc(-c3cccc(-c4cc5ccccc5c5ccccc45)n3)n2)cc(-n2c3ccccc3c3cnccc32)c1.c1ccc(-c2cc(-c3cccc(-c4cccc(-c5cc6ccccc6c6ccccc56)n4)n3)cc(-n3c4ccccc4c4ccncc43)c2)cc1. The summed E-state index contributed by atoms with van der Waals surface area (Å²) in [5, 5.41) is 30.4. The van der Waals surface area contributed by atoms with E-state index in [9.17, 15) is 5.26 Å². The lowest BCUT2D eigenvalue weighted by Crippen LogP contribution is -1.97. The Morgan fingerprint density at radius 3 is 1.03 bits per heavy atom. The summed E-state index contributed by atoms with van der Waals surface area (Å²) < 4.78 is 6.79. The van der Waals surface area contributed by atoms with Crippen molar-refractivity contribution in [2.75, 3.05) is 0 Å². The maximum atomic E-state index is 10.1. The van der Waals surface area contributed by atoms with Gasteiger partial charge in [0.1, 0.15) is 0 Å². The maximum Gasteiger partial charge on any atom is 0.0992 e. The monoisotopic (exact) mass is 1820 g/mol. The minimum Gasteiger partial charge on any atom is -0.309 e. The molecule has 16 aromatic carbocycles. The van der Waals surface area contributed by atoms with E-state index in [1.165, 1.54) is 80.8 Å². The van der Waals surface area contributed by atoms with Crippen molar-refractivity contribution in [2.45, 2.75) is 0 Å². The minimum absolute atomic E-state index is 0.558. The van der Waals surface area contributed by atoms with Crippen LogP contribution in [0, 0.1) is 11.3 Å². The molecular weight excluding hydrogens is 1740 g/mol. The van der Waals surface area contributed by atoms with Crippen LogP contribution in [-0.4, -0.2) is 58.6 Å². The van der Waals surface area contributed by atoms with Gasteiger partial charge in [0.05, 0.1) is 125 Å². The van der Waals surface area contributed by atoms with Crippen LogP contribution in [0.15, 0.2) is 492 Å². The third-order valence-electron chi connectivity index (χ3n) is 27.4. The third-order valence-corrected chi connectivity index (χ3v) is 27.4. The maximum absolute atomic E-state index is 10.1. The quantitative estimate of drug-likeness (QED) is 0.102. The predicted molar refractivity (Wildman–Crippen MR) is 587 cm³/mol. The fourth-order valence-corrected chi connectivity index (χ4v) is 20.9. The van der Waals surface area contributed by atoms with Crippen molar-refractivity contribution in [3.8, 4) is 136 Å². The molecule has 0 saturated heterocycles. The first-order valence-electron chi connectivity index (χ1n) is 47.8. The molecule has 0 amide bonds. The highest BCUT2D eigenvalue weighted by Gasteiger charge is 2.23. The smallest absolute Gasteiger partial charge is 0.0992 e. The van der Waals surface area contributed by atoms with E-state index in [0.717, 1.165) is 179 Å². The molecule has 0 radical (unpaired) electrons. The number of pyridine rings is 9. The Labute approximate surface area is 821 Å². The Balaban J connectivity index is 0.000000110. The lowest BCUT2D eigenvalue weighted by atomic mass is 9.95. The summed E-state index contributed by atoms with van der Waals surface area (Å²) in [6, 6.07) is 163. The van der Waals surface area contributed by atoms with Crippen molar-refractivity contribution in [2.24, 2.45) is 0 Å². The Kier molecular flexibility index (Phi) is 21.0. The van der Waals surface area contributed by atoms with Crippen LogP contribution < -0.4 is 0 Å². The van der Waals surface area contributed by atoms with Gasteiger partial charge >= 0.3 is 0 Å². The number of nitriles is 1. The summed E-state index contributed by atoms with van der Waals surface area (Å²) in [6.07, 6.45) is 9.45. The first-order valence-corrected chi connectivity index (χ1v) is 47.8. The standard InChI is InChI=1S/C47H30N4.C42H25N5.C41H26N4/c1-2-12-31(13-3-1)33-26-34(28-35(27-33)51-46-23-9-8-18-39(46)40-24-25-48-30-47(40)51)42-19-10-21-44(49-42)45-22-11-20-43(50-45)41-29-32-14-4-5-15-36(32)37-16-6-7-17-38(37)41;43-26-27-22-29(24-30(23-27)47-40-19-6-5-14-34(40)42-41(47)20-9-21-44-42)36-15-7-17-38(45-36)39-18-8-16-37(46-39)35-25-28-10-1-2-11-31(28)32-12-3-4-13-33(32)35;1-2-13-30-27(10-1)25-34(32-15-4-3-14-31(30)32)37-18-9-20-39(44-37)38-19-8-17-36(43-38)28-11-7-12-29(24-28)45-40-21-6-5-16-33(40)35-26-42-23-22-41(35)45/h1-30H;1-25H;1-26H. The number of fused-ring (bicyclic) bond motifs is 18. The second-order valence-corrected chi connectivity index (χ2v) is 35.8. The van der Waals surface area contributed by atoms with Gasteiger partial charge in [-0.3, -0.25) is 15.0 Å². The molecule has 13 nitrogen and oxygen atoms in total. The summed E-state index contributed by atoms with van der Waals surface area (Å²) in [5.74, 6) is 0. The van der Waals surface area contributed by atoms with E-state index in [0.29, 0.717) is 5.56 Å². The van der Waals surface area contributed by atoms with E-state index in [1.54, 1.807) is 0 Å². The highest BCUT2D eigenvalue weighted by molar-refractivity contribution is 6.17. The van der Waals surface area contributed by atoms with Crippen molar-refractivity contribution >= 4 is 130 Å². The number of hydrogen-bond donors (Lipinski definition) is 0. The summed E-state index contributed by atoms with van der Waals surface area (Å²) in [7, 11) is 0. The Bertz CT molecular complexity index is 9840. The first-order chi connectivity index (χ1) is 70.8. The van der Waals surface area contributed by atoms with E-state index in [4.69, 9.17) is 29.9 Å². The van der Waals surface area contributed by atoms with Crippen LogP contribution >= 0.6 is 0 Å². The topological polar surface area (TPSA) is 155 Å². The van der Waals surface area contributed by atoms with Gasteiger partial charge < -0.3 is 13.7 Å². The average Bonchev–Trinajstić information content (AvgIpc) is 1.56. The van der Waals surface area contributed by atoms with Gasteiger partial charge in [0.15, 0.2) is 0 Å². The molecule has 12 heterocycles. The average molecular weight is 1830 g/mol. The Hall–Kier alpha value is -19.7. The van der Waals surface area contributed by atoms with E-state index >= 15 is 0 Å². The van der Waals surface area contributed by atoms with Crippen molar-refractivity contribution in [3.05, 3.63) is 498 Å². The van der Waals surface area contributed by atoms with Crippen LogP contribution in [0.1, 0.15) is 5.56 Å². The fourth-order valence-electron chi connectivity index (χ4n) is 20.9. The third kappa shape index (κ3) is 15.3. The van der Waals surface area contributed by atoms with Gasteiger partial charge in [-0.2, -0.15) is 5.26 Å². The fraction of sp³-hybridized carbons (Fsp3) is 0. The summed E-state index contributed by atoms with van der Waals surface area (Å²) in [6.45, 7) is 0. The van der Waals surface area contributed by atoms with Gasteiger partial charge in [-0.25, -0.2) is 29.9 Å². The lowest BCUT2D eigenvalue weighted by Gasteiger charge is -2.14. The molecule has 666 valence electrons. The highest BCUT2D eigenvalue weighted by atomic mass is 15.0. The highest BCUT2D eigenvalue weighted by Crippen LogP contribution is 2.44. The van der Waals surface area contributed by atoms with Crippen molar-refractivity contribution in [1.82, 2.24) is 58.6 Å². The number of aromatic nitrogens is 12. The Morgan fingerprint density at radius 1 is 0.182 bits per heavy atom. The molecule has 0 atom stereocenters. The first kappa shape index (κ1) is 83.9. The summed E-state index contributed by atoms with van der Waals surface area (Å²) >= 11 is 0. The van der Waals surface area contributed by atoms with Gasteiger partial charge in [0.25, 0.3) is 0 Å². The van der Waals surface area contributed by atoms with Crippen molar-refractivity contribution < 1.29 is 0 Å². The molecule has 0 bridgehead atoms. The van der Waals surface area contributed by atoms with Crippen LogP contribution in [0.3, 0.4) is 0 Å². The largest absolute Gasteiger partial charge is 0.309 e. The molecular formula is C130H81N13. The molecule has 143 heavy (non-hydrogen) atoms. The van der Waals surface area contributed by atoms with E-state index in [2.05, 4.69) is 423 Å². The molecule has 0 N–H and O–H groups in total. The molecule has 0 fully saturated rings. The van der Waals surface area contributed by atoms with Crippen LogP contribution in [0.5, 0.6) is 0 Å². The van der Waals surface area contributed by atoms with Crippen LogP contribution in [-0.2, 0) is 0 Å². The Morgan fingerprint density at radius 2 is 0.517 bits per heavy atom. The molecule has 0 saturated carbocycles. The molecule has 12 aromatic heterocycles. The van der Waals surface area contributed by atoms with Gasteiger partial charge in [-0.15, -0.1) is 0 Å². The normalized spacial score (nSPS) is 11.5. The predicted octanol–water partition coefficient (Wildman–Crippen LogP) is 32.4. The van der Waals surface area contributed by atoms with Crippen molar-refractivity contribution in [3.63, 3.8) is 0 Å².